The normalized spacial score (nSPS) is 13.2. The topological polar surface area (TPSA) is 94.5 Å². The summed E-state index contributed by atoms with van der Waals surface area (Å²) >= 11 is 0. The van der Waals surface area contributed by atoms with E-state index in [0.717, 1.165) is 90.3 Å². The zero-order valence-electron chi connectivity index (χ0n) is 25.0. The number of carbonyl (C=O) groups excluding carboxylic acids is 1. The summed E-state index contributed by atoms with van der Waals surface area (Å²) in [6.45, 7) is 6.06. The summed E-state index contributed by atoms with van der Waals surface area (Å²) in [5.41, 5.74) is 0. The number of rotatable bonds is 30. The van der Waals surface area contributed by atoms with Crippen LogP contribution in [0.4, 0.5) is 0 Å². The van der Waals surface area contributed by atoms with Crippen molar-refractivity contribution in [3.05, 3.63) is 0 Å². The Morgan fingerprint density at radius 2 is 1.11 bits per heavy atom. The highest BCUT2D eigenvalue weighted by atomic mass is 31.2. The van der Waals surface area contributed by atoms with Crippen molar-refractivity contribution in [1.82, 2.24) is 4.90 Å². The van der Waals surface area contributed by atoms with Crippen LogP contribution in [0.3, 0.4) is 0 Å². The van der Waals surface area contributed by atoms with Gasteiger partial charge >= 0.3 is 13.8 Å². The van der Waals surface area contributed by atoms with E-state index in [0.29, 0.717) is 19.6 Å². The molecule has 38 heavy (non-hydrogen) atoms. The monoisotopic (exact) mass is 565 g/mol. The summed E-state index contributed by atoms with van der Waals surface area (Å²) in [7, 11) is -0.581. The molecule has 9 heteroatoms. The maximum Gasteiger partial charge on any atom is 0.474 e. The molecule has 0 aromatic carbocycles. The molecule has 1 N–H and O–H groups in total. The summed E-state index contributed by atoms with van der Waals surface area (Å²) in [5, 5.41) is 9.36. The Balaban J connectivity index is 3.67. The number of unbranched alkanes of at least 4 members (excludes halogenated alkanes) is 15. The maximum atomic E-state index is 12.5. The number of carbonyl (C=O) groups is 1. The maximum absolute atomic E-state index is 12.5. The van der Waals surface area contributed by atoms with Crippen LogP contribution in [0.25, 0.3) is 0 Å². The minimum atomic E-state index is -3.41. The van der Waals surface area contributed by atoms with Crippen LogP contribution in [0.2, 0.25) is 0 Å². The molecule has 0 aliphatic heterocycles. The van der Waals surface area contributed by atoms with Crippen LogP contribution in [0.15, 0.2) is 0 Å². The van der Waals surface area contributed by atoms with E-state index in [2.05, 4.69) is 16.6 Å². The van der Waals surface area contributed by atoms with Gasteiger partial charge in [-0.15, -0.1) is 0 Å². The molecule has 0 aromatic heterocycles. The Hall–Kier alpha value is -0.500. The molecule has 0 rings (SSSR count). The van der Waals surface area contributed by atoms with Crippen LogP contribution < -0.4 is 0 Å². The Kier molecular flexibility index (Phi) is 27.7. The molecule has 0 fully saturated rings. The number of hydrogen-bond donors (Lipinski definition) is 1. The first-order valence-electron chi connectivity index (χ1n) is 15.4. The van der Waals surface area contributed by atoms with Gasteiger partial charge in [-0.3, -0.25) is 18.4 Å². The third-order valence-corrected chi connectivity index (χ3v) is 8.28. The molecule has 0 heterocycles. The number of phosphoric acid groups is 1. The molecule has 0 aromatic rings. The number of phosphoric ester groups is 1. The lowest BCUT2D eigenvalue weighted by Gasteiger charge is -2.21. The van der Waals surface area contributed by atoms with E-state index in [-0.39, 0.29) is 12.6 Å². The highest BCUT2D eigenvalue weighted by molar-refractivity contribution is 7.48. The number of nitrogens with zero attached hydrogens (tertiary/aromatic N) is 1. The second-order valence-corrected chi connectivity index (χ2v) is 12.0. The molecule has 0 aliphatic rings. The van der Waals surface area contributed by atoms with Crippen molar-refractivity contribution >= 4 is 13.8 Å². The van der Waals surface area contributed by atoms with E-state index in [4.69, 9.17) is 13.6 Å². The lowest BCUT2D eigenvalue weighted by Crippen LogP contribution is -2.29. The average Bonchev–Trinajstić information content (AvgIpc) is 2.92. The van der Waals surface area contributed by atoms with Gasteiger partial charge in [0.25, 0.3) is 0 Å². The van der Waals surface area contributed by atoms with Crippen molar-refractivity contribution < 1.29 is 32.8 Å². The first kappa shape index (κ1) is 37.5. The lowest BCUT2D eigenvalue weighted by atomic mass is 10.1. The minimum absolute atomic E-state index is 0.119. The Labute approximate surface area is 234 Å². The lowest BCUT2D eigenvalue weighted by molar-refractivity contribution is -0.140. The van der Waals surface area contributed by atoms with Gasteiger partial charge in [-0.2, -0.15) is 0 Å². The summed E-state index contributed by atoms with van der Waals surface area (Å²) < 4.78 is 33.1. The SMILES string of the molecule is CCCCCCCCOP(=O)(OC)OCCCCCCCCCN(CCO)CCCCCCCC(=O)OC. The standard InChI is InChI=1S/C29H60NO7P/c1-4-5-6-7-15-20-27-36-38(33,35-3)37-28-21-16-10-8-9-13-18-23-30(25-26-31)24-19-14-11-12-17-22-29(32)34-2/h31H,4-28H2,1-3H3. The first-order chi connectivity index (χ1) is 18.5. The second-order valence-electron chi connectivity index (χ2n) is 10.2. The minimum Gasteiger partial charge on any atom is -0.469 e. The molecule has 0 radical (unpaired) electrons. The molecule has 0 aliphatic carbocycles. The van der Waals surface area contributed by atoms with Gasteiger partial charge in [-0.05, 0) is 45.2 Å². The molecule has 0 saturated heterocycles. The number of esters is 1. The van der Waals surface area contributed by atoms with Crippen molar-refractivity contribution in [1.29, 1.82) is 0 Å². The van der Waals surface area contributed by atoms with Crippen LogP contribution in [0.1, 0.15) is 129 Å². The second kappa shape index (κ2) is 28.0. The molecule has 0 saturated carbocycles. The summed E-state index contributed by atoms with van der Waals surface area (Å²) in [6.07, 6.45) is 20.7. The average molecular weight is 566 g/mol. The van der Waals surface area contributed by atoms with Crippen LogP contribution in [-0.4, -0.2) is 69.7 Å². The van der Waals surface area contributed by atoms with Gasteiger partial charge in [-0.25, -0.2) is 4.57 Å². The highest BCUT2D eigenvalue weighted by Crippen LogP contribution is 2.48. The molecule has 1 atom stereocenters. The van der Waals surface area contributed by atoms with Gasteiger partial charge in [0.1, 0.15) is 0 Å². The quantitative estimate of drug-likeness (QED) is 0.0538. The van der Waals surface area contributed by atoms with Crippen LogP contribution in [0, 0.1) is 0 Å². The number of aliphatic hydroxyl groups excluding tert-OH is 1. The molecular weight excluding hydrogens is 505 g/mol. The van der Waals surface area contributed by atoms with Gasteiger partial charge in [0.05, 0.1) is 26.9 Å². The molecular formula is C29H60NO7P. The van der Waals surface area contributed by atoms with Crippen LogP contribution in [-0.2, 0) is 27.7 Å². The number of hydrogen-bond acceptors (Lipinski definition) is 8. The highest BCUT2D eigenvalue weighted by Gasteiger charge is 2.24. The third-order valence-electron chi connectivity index (χ3n) is 6.84. The van der Waals surface area contributed by atoms with Crippen molar-refractivity contribution in [3.63, 3.8) is 0 Å². The molecule has 0 bridgehead atoms. The van der Waals surface area contributed by atoms with Crippen molar-refractivity contribution in [2.45, 2.75) is 129 Å². The fourth-order valence-corrected chi connectivity index (χ4v) is 5.40. The summed E-state index contributed by atoms with van der Waals surface area (Å²) in [4.78, 5) is 13.5. The van der Waals surface area contributed by atoms with Gasteiger partial charge in [0.15, 0.2) is 0 Å². The summed E-state index contributed by atoms with van der Waals surface area (Å²) in [6, 6.07) is 0. The molecule has 1 unspecified atom stereocenters. The van der Waals surface area contributed by atoms with E-state index in [1.54, 1.807) is 0 Å². The van der Waals surface area contributed by atoms with E-state index < -0.39 is 7.82 Å². The van der Waals surface area contributed by atoms with Crippen LogP contribution in [0.5, 0.6) is 0 Å². The van der Waals surface area contributed by atoms with Gasteiger partial charge in [0, 0.05) is 20.1 Å². The molecule has 0 spiro atoms. The zero-order chi connectivity index (χ0) is 28.2. The smallest absolute Gasteiger partial charge is 0.469 e. The van der Waals surface area contributed by atoms with E-state index in [9.17, 15) is 14.5 Å². The van der Waals surface area contributed by atoms with E-state index in [1.807, 2.05) is 0 Å². The van der Waals surface area contributed by atoms with Crippen molar-refractivity contribution in [3.8, 4) is 0 Å². The number of methoxy groups -OCH3 is 1. The number of ether oxygens (including phenoxy) is 1. The van der Waals surface area contributed by atoms with Crippen LogP contribution >= 0.6 is 7.82 Å². The van der Waals surface area contributed by atoms with Gasteiger partial charge in [0.2, 0.25) is 0 Å². The third kappa shape index (κ3) is 24.5. The molecule has 0 amide bonds. The van der Waals surface area contributed by atoms with Gasteiger partial charge < -0.3 is 14.7 Å². The number of aliphatic hydroxyl groups is 1. The molecule has 8 nitrogen and oxygen atoms in total. The largest absolute Gasteiger partial charge is 0.474 e. The predicted octanol–water partition coefficient (Wildman–Crippen LogP) is 7.67. The molecule has 228 valence electrons. The Morgan fingerprint density at radius 1 is 0.658 bits per heavy atom. The fourth-order valence-electron chi connectivity index (χ4n) is 4.41. The zero-order valence-corrected chi connectivity index (χ0v) is 25.9. The van der Waals surface area contributed by atoms with Gasteiger partial charge in [-0.1, -0.05) is 90.4 Å². The fraction of sp³-hybridized carbons (Fsp3) is 0.966. The van der Waals surface area contributed by atoms with Crippen molar-refractivity contribution in [2.75, 3.05) is 53.7 Å². The Bertz CT molecular complexity index is 565. The van der Waals surface area contributed by atoms with E-state index >= 15 is 0 Å². The first-order valence-corrected chi connectivity index (χ1v) is 16.8. The van der Waals surface area contributed by atoms with E-state index in [1.165, 1.54) is 59.2 Å². The summed E-state index contributed by atoms with van der Waals surface area (Å²) in [5.74, 6) is -0.119. The van der Waals surface area contributed by atoms with Crippen molar-refractivity contribution in [2.24, 2.45) is 0 Å². The Morgan fingerprint density at radius 3 is 1.55 bits per heavy atom. The predicted molar refractivity (Wildman–Crippen MR) is 155 cm³/mol.